The van der Waals surface area contributed by atoms with E-state index in [2.05, 4.69) is 4.98 Å². The maximum absolute atomic E-state index is 12.9. The number of methoxy groups -OCH3 is 3. The van der Waals surface area contributed by atoms with Gasteiger partial charge in [0.15, 0.2) is 17.6 Å². The first-order valence-electron chi connectivity index (χ1n) is 8.02. The number of aromatic nitrogens is 1. The van der Waals surface area contributed by atoms with E-state index in [0.29, 0.717) is 40.4 Å². The molecule has 3 rings (SSSR count). The van der Waals surface area contributed by atoms with E-state index >= 15 is 0 Å². The van der Waals surface area contributed by atoms with Crippen molar-refractivity contribution in [1.82, 2.24) is 9.88 Å². The van der Waals surface area contributed by atoms with Crippen LogP contribution < -0.4 is 19.9 Å². The number of nitrogens with zero attached hydrogens (tertiary/aromatic N) is 1. The zero-order valence-corrected chi connectivity index (χ0v) is 14.8. The van der Waals surface area contributed by atoms with Crippen LogP contribution >= 0.6 is 0 Å². The molecule has 2 aromatic rings. The van der Waals surface area contributed by atoms with E-state index in [1.807, 2.05) is 0 Å². The van der Waals surface area contributed by atoms with Crippen molar-refractivity contribution in [2.24, 2.45) is 5.73 Å². The monoisotopic (exact) mass is 363 g/mol. The van der Waals surface area contributed by atoms with Gasteiger partial charge in [0.2, 0.25) is 5.91 Å². The summed E-state index contributed by atoms with van der Waals surface area (Å²) in [6.45, 7) is 0.733. The summed E-state index contributed by atoms with van der Waals surface area (Å²) >= 11 is 0. The highest BCUT2D eigenvalue weighted by atomic mass is 16.5. The lowest BCUT2D eigenvalue weighted by molar-refractivity contribution is -0.133. The zero-order valence-electron chi connectivity index (χ0n) is 14.8. The van der Waals surface area contributed by atoms with Gasteiger partial charge < -0.3 is 34.6 Å². The number of carbonyl (C=O) groups excluding carboxylic acids is 2. The van der Waals surface area contributed by atoms with Gasteiger partial charge in [0.25, 0.3) is 5.91 Å². The van der Waals surface area contributed by atoms with Crippen LogP contribution in [0, 0.1) is 0 Å². The molecular formula is C17H21N3O6. The first kappa shape index (κ1) is 17.9. The molecule has 2 amide bonds. The number of nitrogens with two attached hydrogens (primary N) is 1. The lowest BCUT2D eigenvalue weighted by atomic mass is 10.2. The van der Waals surface area contributed by atoms with Crippen molar-refractivity contribution in [2.75, 3.05) is 41.0 Å². The number of ether oxygens (including phenoxy) is 4. The first-order chi connectivity index (χ1) is 12.5. The molecule has 9 nitrogen and oxygen atoms in total. The van der Waals surface area contributed by atoms with Gasteiger partial charge in [-0.3, -0.25) is 9.59 Å². The Hall–Kier alpha value is -2.94. The second kappa shape index (κ2) is 7.12. The normalized spacial score (nSPS) is 17.2. The van der Waals surface area contributed by atoms with E-state index < -0.39 is 12.0 Å². The van der Waals surface area contributed by atoms with Gasteiger partial charge in [0, 0.05) is 18.0 Å². The molecule has 9 heteroatoms. The number of hydrogen-bond donors (Lipinski definition) is 2. The van der Waals surface area contributed by atoms with Gasteiger partial charge in [0.05, 0.1) is 40.0 Å². The molecule has 1 fully saturated rings. The minimum Gasteiger partial charge on any atom is -0.496 e. The Morgan fingerprint density at radius 2 is 1.92 bits per heavy atom. The molecule has 1 saturated heterocycles. The summed E-state index contributed by atoms with van der Waals surface area (Å²) in [6.07, 6.45) is -0.804. The quantitative estimate of drug-likeness (QED) is 0.800. The number of hydrogen-bond acceptors (Lipinski definition) is 6. The van der Waals surface area contributed by atoms with E-state index in [-0.39, 0.29) is 19.1 Å². The minimum atomic E-state index is -0.804. The highest BCUT2D eigenvalue weighted by Crippen LogP contribution is 2.41. The third-order valence-corrected chi connectivity index (χ3v) is 4.34. The number of aromatic amines is 1. The number of amides is 2. The number of carbonyl (C=O) groups is 2. The maximum atomic E-state index is 12.9. The maximum Gasteiger partial charge on any atom is 0.270 e. The van der Waals surface area contributed by atoms with Crippen LogP contribution in [0.5, 0.6) is 17.2 Å². The number of morpholine rings is 1. The molecule has 3 N–H and O–H groups in total. The van der Waals surface area contributed by atoms with Gasteiger partial charge in [-0.15, -0.1) is 0 Å². The molecule has 2 heterocycles. The van der Waals surface area contributed by atoms with Crippen molar-refractivity contribution in [3.8, 4) is 17.2 Å². The predicted octanol–water partition coefficient (Wildman–Crippen LogP) is 0.520. The first-order valence-corrected chi connectivity index (χ1v) is 8.02. The number of rotatable bonds is 5. The van der Waals surface area contributed by atoms with Crippen LogP contribution in [-0.2, 0) is 9.53 Å². The van der Waals surface area contributed by atoms with E-state index in [9.17, 15) is 9.59 Å². The highest BCUT2D eigenvalue weighted by molar-refractivity contribution is 6.02. The summed E-state index contributed by atoms with van der Waals surface area (Å²) in [5.74, 6) is 0.646. The fourth-order valence-corrected chi connectivity index (χ4v) is 3.03. The van der Waals surface area contributed by atoms with E-state index in [0.717, 1.165) is 0 Å². The number of H-pyrrole nitrogens is 1. The molecule has 1 atom stereocenters. The number of benzene rings is 1. The molecule has 140 valence electrons. The molecule has 0 saturated carbocycles. The number of fused-ring (bicyclic) bond motifs is 1. The molecule has 1 aromatic carbocycles. The topological polar surface area (TPSA) is 116 Å². The van der Waals surface area contributed by atoms with Crippen LogP contribution in [0.15, 0.2) is 12.1 Å². The average Bonchev–Trinajstić information content (AvgIpc) is 3.11. The number of primary amides is 1. The second-order valence-corrected chi connectivity index (χ2v) is 5.80. The van der Waals surface area contributed by atoms with Gasteiger partial charge in [-0.2, -0.15) is 0 Å². The Labute approximate surface area is 149 Å². The van der Waals surface area contributed by atoms with Crippen molar-refractivity contribution in [3.05, 3.63) is 17.8 Å². The average molecular weight is 363 g/mol. The van der Waals surface area contributed by atoms with Crippen molar-refractivity contribution in [2.45, 2.75) is 6.10 Å². The van der Waals surface area contributed by atoms with Crippen LogP contribution in [0.2, 0.25) is 0 Å². The highest BCUT2D eigenvalue weighted by Gasteiger charge is 2.29. The molecule has 1 aliphatic heterocycles. The molecule has 0 aliphatic carbocycles. The SMILES string of the molecule is COc1cc(OC)c2cc(C(=O)N3CCOC(C(N)=O)C3)[nH]c2c1OC. The summed E-state index contributed by atoms with van der Waals surface area (Å²) < 4.78 is 21.4. The van der Waals surface area contributed by atoms with Crippen molar-refractivity contribution in [1.29, 1.82) is 0 Å². The van der Waals surface area contributed by atoms with Crippen LogP contribution in [0.1, 0.15) is 10.5 Å². The molecule has 0 spiro atoms. The Balaban J connectivity index is 2.00. The van der Waals surface area contributed by atoms with Crippen molar-refractivity contribution < 1.29 is 28.5 Å². The van der Waals surface area contributed by atoms with Crippen molar-refractivity contribution in [3.63, 3.8) is 0 Å². The Morgan fingerprint density at radius 3 is 2.54 bits per heavy atom. The Morgan fingerprint density at radius 1 is 1.19 bits per heavy atom. The molecular weight excluding hydrogens is 342 g/mol. The van der Waals surface area contributed by atoms with E-state index in [1.165, 1.54) is 26.2 Å². The van der Waals surface area contributed by atoms with Gasteiger partial charge in [-0.25, -0.2) is 0 Å². The summed E-state index contributed by atoms with van der Waals surface area (Å²) in [5.41, 5.74) is 6.21. The molecule has 0 bridgehead atoms. The zero-order chi connectivity index (χ0) is 18.8. The predicted molar refractivity (Wildman–Crippen MR) is 92.8 cm³/mol. The molecule has 1 aliphatic rings. The van der Waals surface area contributed by atoms with E-state index in [4.69, 9.17) is 24.7 Å². The molecule has 0 radical (unpaired) electrons. The minimum absolute atomic E-state index is 0.112. The summed E-state index contributed by atoms with van der Waals surface area (Å²) in [7, 11) is 4.58. The van der Waals surface area contributed by atoms with Crippen LogP contribution in [0.4, 0.5) is 0 Å². The standard InChI is InChI=1S/C17H21N3O6/c1-23-11-7-12(24-2)15(25-3)14-9(11)6-10(19-14)17(22)20-4-5-26-13(8-20)16(18)21/h6-7,13,19H,4-5,8H2,1-3H3,(H2,18,21). The second-order valence-electron chi connectivity index (χ2n) is 5.80. The van der Waals surface area contributed by atoms with Crippen molar-refractivity contribution >= 4 is 22.7 Å². The van der Waals surface area contributed by atoms with Crippen LogP contribution in [0.3, 0.4) is 0 Å². The lowest BCUT2D eigenvalue weighted by Gasteiger charge is -2.31. The van der Waals surface area contributed by atoms with E-state index in [1.54, 1.807) is 12.1 Å². The smallest absolute Gasteiger partial charge is 0.270 e. The van der Waals surface area contributed by atoms with Gasteiger partial charge in [-0.05, 0) is 6.07 Å². The fourth-order valence-electron chi connectivity index (χ4n) is 3.03. The number of nitrogens with one attached hydrogen (secondary N) is 1. The van der Waals surface area contributed by atoms with Crippen LogP contribution in [-0.4, -0.2) is 68.8 Å². The van der Waals surface area contributed by atoms with Gasteiger partial charge >= 0.3 is 0 Å². The molecule has 1 aromatic heterocycles. The third-order valence-electron chi connectivity index (χ3n) is 4.34. The molecule has 26 heavy (non-hydrogen) atoms. The van der Waals surface area contributed by atoms with Gasteiger partial charge in [0.1, 0.15) is 11.4 Å². The third kappa shape index (κ3) is 3.01. The Bertz CT molecular complexity index is 847. The largest absolute Gasteiger partial charge is 0.496 e. The summed E-state index contributed by atoms with van der Waals surface area (Å²) in [5, 5.41) is 0.688. The Kier molecular flexibility index (Phi) is 4.90. The summed E-state index contributed by atoms with van der Waals surface area (Å²) in [6, 6.07) is 3.38. The lowest BCUT2D eigenvalue weighted by Crippen LogP contribution is -2.50. The van der Waals surface area contributed by atoms with Gasteiger partial charge in [-0.1, -0.05) is 0 Å². The fraction of sp³-hybridized carbons (Fsp3) is 0.412. The van der Waals surface area contributed by atoms with Crippen LogP contribution in [0.25, 0.3) is 10.9 Å². The molecule has 1 unspecified atom stereocenters. The summed E-state index contributed by atoms with van der Waals surface area (Å²) in [4.78, 5) is 28.8.